The Balaban J connectivity index is 1.28. The molecule has 1 saturated heterocycles. The summed E-state index contributed by atoms with van der Waals surface area (Å²) < 4.78 is 5.45. The molecule has 1 heterocycles. The molecule has 1 N–H and O–H groups in total. The van der Waals surface area contributed by atoms with Crippen LogP contribution in [-0.2, 0) is 9.53 Å². The van der Waals surface area contributed by atoms with E-state index in [-0.39, 0.29) is 17.4 Å². The van der Waals surface area contributed by atoms with Crippen LogP contribution in [0.2, 0.25) is 0 Å². The number of Topliss-reactive ketones (excluding diaryl/α,β-unsaturated/α-hetero) is 1. The van der Waals surface area contributed by atoms with Gasteiger partial charge < -0.3 is 9.84 Å². The number of aliphatic hydroxyl groups is 1. The van der Waals surface area contributed by atoms with E-state index in [1.54, 1.807) is 0 Å². The van der Waals surface area contributed by atoms with E-state index in [9.17, 15) is 9.90 Å². The van der Waals surface area contributed by atoms with Crippen molar-refractivity contribution in [3.05, 3.63) is 0 Å². The monoisotopic (exact) mass is 389 g/mol. The second kappa shape index (κ2) is 7.67. The molecule has 158 valence electrons. The van der Waals surface area contributed by atoms with Crippen LogP contribution in [-0.4, -0.2) is 54.7 Å². The highest BCUT2D eigenvalue weighted by molar-refractivity contribution is 5.84. The summed E-state index contributed by atoms with van der Waals surface area (Å²) in [5.74, 6) is 4.91. The van der Waals surface area contributed by atoms with Crippen LogP contribution in [0, 0.1) is 40.9 Å². The number of carbonyl (C=O) groups is 1. The van der Waals surface area contributed by atoms with E-state index in [2.05, 4.69) is 11.8 Å². The van der Waals surface area contributed by atoms with Crippen molar-refractivity contribution < 1.29 is 14.6 Å². The average molecular weight is 390 g/mol. The number of ketones is 1. The summed E-state index contributed by atoms with van der Waals surface area (Å²) in [7, 11) is 0. The smallest absolute Gasteiger partial charge is 0.150 e. The topological polar surface area (TPSA) is 49.8 Å². The zero-order valence-electron chi connectivity index (χ0n) is 17.7. The van der Waals surface area contributed by atoms with Crippen LogP contribution in [0.25, 0.3) is 0 Å². The van der Waals surface area contributed by atoms with Crippen molar-refractivity contribution in [3.8, 4) is 0 Å². The zero-order valence-corrected chi connectivity index (χ0v) is 17.7. The third-order valence-electron chi connectivity index (χ3n) is 9.80. The van der Waals surface area contributed by atoms with E-state index >= 15 is 0 Å². The van der Waals surface area contributed by atoms with Gasteiger partial charge in [0.1, 0.15) is 5.78 Å². The molecule has 4 nitrogen and oxygen atoms in total. The lowest BCUT2D eigenvalue weighted by atomic mass is 9.49. The highest BCUT2D eigenvalue weighted by Crippen LogP contribution is 2.64. The molecule has 4 aliphatic carbocycles. The van der Waals surface area contributed by atoms with Crippen molar-refractivity contribution >= 4 is 5.78 Å². The molecule has 8 unspecified atom stereocenters. The summed E-state index contributed by atoms with van der Waals surface area (Å²) in [6, 6.07) is 0. The van der Waals surface area contributed by atoms with Gasteiger partial charge in [-0.3, -0.25) is 9.69 Å². The standard InChI is InChI=1S/C24H39NO3/c1-24-9-8-19-18-5-3-17(26)14-16(18)2-4-20(19)21(24)6-7-22(24)23(27)15-25-10-12-28-13-11-25/h16-22,26H,2-15H2,1H3. The van der Waals surface area contributed by atoms with Gasteiger partial charge in [0, 0.05) is 19.0 Å². The van der Waals surface area contributed by atoms with Crippen LogP contribution >= 0.6 is 0 Å². The SMILES string of the molecule is CC12CCC3C4CCC(O)CC4CCC3C1CCC2C(=O)CN1CCOCC1. The quantitative estimate of drug-likeness (QED) is 0.802. The van der Waals surface area contributed by atoms with E-state index in [1.807, 2.05) is 0 Å². The number of rotatable bonds is 3. The average Bonchev–Trinajstić information content (AvgIpc) is 3.05. The third kappa shape index (κ3) is 3.28. The van der Waals surface area contributed by atoms with Crippen molar-refractivity contribution in [2.75, 3.05) is 32.8 Å². The number of hydrogen-bond acceptors (Lipinski definition) is 4. The summed E-state index contributed by atoms with van der Waals surface area (Å²) in [6.45, 7) is 6.50. The van der Waals surface area contributed by atoms with Crippen LogP contribution in [0.4, 0.5) is 0 Å². The van der Waals surface area contributed by atoms with Crippen molar-refractivity contribution in [1.82, 2.24) is 4.90 Å². The zero-order chi connectivity index (χ0) is 19.3. The van der Waals surface area contributed by atoms with Crippen LogP contribution in [0.15, 0.2) is 0 Å². The fourth-order valence-corrected chi connectivity index (χ4v) is 8.45. The van der Waals surface area contributed by atoms with Gasteiger partial charge in [0.05, 0.1) is 25.9 Å². The number of carbonyl (C=O) groups excluding carboxylic acids is 1. The maximum absolute atomic E-state index is 13.3. The van der Waals surface area contributed by atoms with Crippen molar-refractivity contribution in [2.45, 2.75) is 70.8 Å². The van der Waals surface area contributed by atoms with E-state index in [0.29, 0.717) is 12.3 Å². The molecule has 0 radical (unpaired) electrons. The maximum Gasteiger partial charge on any atom is 0.150 e. The Kier molecular flexibility index (Phi) is 5.34. The van der Waals surface area contributed by atoms with Crippen LogP contribution in [0.5, 0.6) is 0 Å². The number of hydrogen-bond donors (Lipinski definition) is 1. The molecule has 0 amide bonds. The van der Waals surface area contributed by atoms with E-state index < -0.39 is 0 Å². The Morgan fingerprint density at radius 2 is 1.79 bits per heavy atom. The van der Waals surface area contributed by atoms with Gasteiger partial charge in [0.15, 0.2) is 0 Å². The lowest BCUT2D eigenvalue weighted by Crippen LogP contribution is -2.50. The summed E-state index contributed by atoms with van der Waals surface area (Å²) in [5.41, 5.74) is 0.242. The van der Waals surface area contributed by atoms with Crippen molar-refractivity contribution in [1.29, 1.82) is 0 Å². The number of nitrogens with zero attached hydrogens (tertiary/aromatic N) is 1. The fourth-order valence-electron chi connectivity index (χ4n) is 8.45. The first-order chi connectivity index (χ1) is 13.6. The Hall–Kier alpha value is -0.450. The second-order valence-corrected chi connectivity index (χ2v) is 10.9. The molecule has 5 fully saturated rings. The number of aliphatic hydroxyl groups excluding tert-OH is 1. The lowest BCUT2D eigenvalue weighted by Gasteiger charge is -2.56. The molecule has 0 aromatic carbocycles. The van der Waals surface area contributed by atoms with Crippen LogP contribution in [0.3, 0.4) is 0 Å². The molecule has 4 heteroatoms. The van der Waals surface area contributed by atoms with E-state index in [4.69, 9.17) is 4.74 Å². The van der Waals surface area contributed by atoms with Gasteiger partial charge in [0.25, 0.3) is 0 Å². The predicted octanol–water partition coefficient (Wildman–Crippen LogP) is 3.52. The first-order valence-corrected chi connectivity index (χ1v) is 12.1. The van der Waals surface area contributed by atoms with Crippen LogP contribution in [0.1, 0.15) is 64.7 Å². The van der Waals surface area contributed by atoms with Gasteiger partial charge in [0.2, 0.25) is 0 Å². The van der Waals surface area contributed by atoms with Gasteiger partial charge >= 0.3 is 0 Å². The van der Waals surface area contributed by atoms with E-state index in [0.717, 1.165) is 75.2 Å². The normalized spacial score (nSPS) is 49.1. The molecule has 5 aliphatic rings. The first-order valence-electron chi connectivity index (χ1n) is 12.1. The van der Waals surface area contributed by atoms with Crippen molar-refractivity contribution in [2.24, 2.45) is 40.9 Å². The van der Waals surface area contributed by atoms with Crippen LogP contribution < -0.4 is 0 Å². The van der Waals surface area contributed by atoms with Crippen molar-refractivity contribution in [3.63, 3.8) is 0 Å². The molecular weight excluding hydrogens is 350 g/mol. The largest absolute Gasteiger partial charge is 0.393 e. The molecular formula is C24H39NO3. The Morgan fingerprint density at radius 1 is 1.00 bits per heavy atom. The number of fused-ring (bicyclic) bond motifs is 5. The molecule has 0 aromatic heterocycles. The maximum atomic E-state index is 13.3. The Morgan fingerprint density at radius 3 is 2.61 bits per heavy atom. The summed E-state index contributed by atoms with van der Waals surface area (Å²) in [5, 5.41) is 10.1. The number of morpholine rings is 1. The molecule has 0 spiro atoms. The molecule has 1 aliphatic heterocycles. The number of ether oxygens (including phenoxy) is 1. The predicted molar refractivity (Wildman–Crippen MR) is 109 cm³/mol. The highest BCUT2D eigenvalue weighted by Gasteiger charge is 2.58. The van der Waals surface area contributed by atoms with E-state index in [1.165, 1.54) is 38.5 Å². The Bertz CT molecular complexity index is 588. The summed E-state index contributed by atoms with van der Waals surface area (Å²) in [6.07, 6.45) is 10.9. The fraction of sp³-hybridized carbons (Fsp3) is 0.958. The molecule has 8 atom stereocenters. The Labute approximate surface area is 170 Å². The second-order valence-electron chi connectivity index (χ2n) is 10.9. The van der Waals surface area contributed by atoms with Gasteiger partial charge in [-0.25, -0.2) is 0 Å². The summed E-state index contributed by atoms with van der Waals surface area (Å²) >= 11 is 0. The third-order valence-corrected chi connectivity index (χ3v) is 9.80. The lowest BCUT2D eigenvalue weighted by molar-refractivity contribution is -0.133. The highest BCUT2D eigenvalue weighted by atomic mass is 16.5. The first kappa shape index (κ1) is 19.5. The van der Waals surface area contributed by atoms with Gasteiger partial charge in [-0.1, -0.05) is 6.92 Å². The minimum absolute atomic E-state index is 0.0414. The molecule has 4 saturated carbocycles. The molecule has 28 heavy (non-hydrogen) atoms. The molecule has 0 bridgehead atoms. The summed E-state index contributed by atoms with van der Waals surface area (Å²) in [4.78, 5) is 15.6. The minimum Gasteiger partial charge on any atom is -0.393 e. The van der Waals surface area contributed by atoms with Gasteiger partial charge in [-0.05, 0) is 92.8 Å². The van der Waals surface area contributed by atoms with Gasteiger partial charge in [-0.15, -0.1) is 0 Å². The van der Waals surface area contributed by atoms with Gasteiger partial charge in [-0.2, -0.15) is 0 Å². The molecule has 0 aromatic rings. The molecule has 5 rings (SSSR count). The minimum atomic E-state index is -0.0414.